The van der Waals surface area contributed by atoms with Gasteiger partial charge in [0.2, 0.25) is 5.91 Å². The summed E-state index contributed by atoms with van der Waals surface area (Å²) in [6, 6.07) is 21.7. The third kappa shape index (κ3) is 4.08. The van der Waals surface area contributed by atoms with Gasteiger partial charge < -0.3 is 15.7 Å². The fourth-order valence-corrected chi connectivity index (χ4v) is 2.55. The van der Waals surface area contributed by atoms with Crippen LogP contribution in [0, 0.1) is 0 Å². The molecule has 0 fully saturated rings. The number of carbonyl (C=O) groups excluding carboxylic acids is 2. The quantitative estimate of drug-likeness (QED) is 0.488. The molecule has 0 saturated carbocycles. The number of benzene rings is 3. The molecule has 3 aromatic carbocycles. The minimum atomic E-state index is -0.305. The molecule has 130 valence electrons. The Kier molecular flexibility index (Phi) is 4.99. The second kappa shape index (κ2) is 7.53. The molecule has 0 aliphatic rings. The van der Waals surface area contributed by atoms with Crippen molar-refractivity contribution < 1.29 is 14.7 Å². The first-order chi connectivity index (χ1) is 12.5. The van der Waals surface area contributed by atoms with Crippen molar-refractivity contribution in [2.75, 3.05) is 10.6 Å². The van der Waals surface area contributed by atoms with Crippen LogP contribution in [0.1, 0.15) is 17.3 Å². The van der Waals surface area contributed by atoms with Gasteiger partial charge in [0, 0.05) is 18.2 Å². The Morgan fingerprint density at radius 2 is 1.46 bits per heavy atom. The maximum absolute atomic E-state index is 12.4. The molecule has 5 nitrogen and oxygen atoms in total. The van der Waals surface area contributed by atoms with Gasteiger partial charge in [-0.3, -0.25) is 9.59 Å². The molecule has 0 aromatic heterocycles. The summed E-state index contributed by atoms with van der Waals surface area (Å²) in [5.41, 5.74) is 3.34. The third-order valence-corrected chi connectivity index (χ3v) is 3.82. The van der Waals surface area contributed by atoms with Crippen molar-refractivity contribution in [3.8, 4) is 16.9 Å². The number of carbonyl (C=O) groups is 2. The lowest BCUT2D eigenvalue weighted by atomic mass is 10.0. The van der Waals surface area contributed by atoms with E-state index in [2.05, 4.69) is 10.6 Å². The van der Waals surface area contributed by atoms with Gasteiger partial charge in [-0.2, -0.15) is 0 Å². The highest BCUT2D eigenvalue weighted by molar-refractivity contribution is 6.05. The van der Waals surface area contributed by atoms with Crippen molar-refractivity contribution in [1.29, 1.82) is 0 Å². The molecule has 0 heterocycles. The summed E-state index contributed by atoms with van der Waals surface area (Å²) in [5.74, 6) is -0.644. The topological polar surface area (TPSA) is 78.4 Å². The predicted octanol–water partition coefficient (Wildman–Crippen LogP) is 4.27. The smallest absolute Gasteiger partial charge is 0.255 e. The van der Waals surface area contributed by atoms with Gasteiger partial charge in [0.1, 0.15) is 5.75 Å². The highest BCUT2D eigenvalue weighted by atomic mass is 16.3. The number of aromatic hydroxyl groups is 1. The first-order valence-corrected chi connectivity index (χ1v) is 8.10. The van der Waals surface area contributed by atoms with Crippen molar-refractivity contribution in [2.24, 2.45) is 0 Å². The van der Waals surface area contributed by atoms with Crippen LogP contribution in [0.25, 0.3) is 11.1 Å². The van der Waals surface area contributed by atoms with E-state index in [0.29, 0.717) is 11.3 Å². The van der Waals surface area contributed by atoms with Crippen LogP contribution in [0.15, 0.2) is 72.8 Å². The highest BCUT2D eigenvalue weighted by Gasteiger charge is 2.09. The Hall–Kier alpha value is -3.60. The molecule has 0 atom stereocenters. The number of anilines is 2. The van der Waals surface area contributed by atoms with Gasteiger partial charge in [-0.25, -0.2) is 0 Å². The summed E-state index contributed by atoms with van der Waals surface area (Å²) in [4.78, 5) is 23.6. The third-order valence-electron chi connectivity index (χ3n) is 3.82. The average Bonchev–Trinajstić information content (AvgIpc) is 2.65. The standard InChI is InChI=1S/C21H18N2O3/c1-14(24)22-19-13-18(11-12-20(19)25)23-21(26)17-9-7-16(8-10-17)15-5-3-2-4-6-15/h2-13,25H,1H3,(H,22,24)(H,23,26). The molecule has 26 heavy (non-hydrogen) atoms. The van der Waals surface area contributed by atoms with E-state index in [1.165, 1.54) is 19.1 Å². The van der Waals surface area contributed by atoms with E-state index >= 15 is 0 Å². The van der Waals surface area contributed by atoms with Gasteiger partial charge in [0.25, 0.3) is 5.91 Å². The summed E-state index contributed by atoms with van der Waals surface area (Å²) in [6.45, 7) is 1.35. The maximum Gasteiger partial charge on any atom is 0.255 e. The second-order valence-corrected chi connectivity index (χ2v) is 5.81. The Balaban J connectivity index is 1.75. The van der Waals surface area contributed by atoms with E-state index in [9.17, 15) is 14.7 Å². The van der Waals surface area contributed by atoms with Crippen LogP contribution in [0.2, 0.25) is 0 Å². The zero-order valence-electron chi connectivity index (χ0n) is 14.2. The van der Waals surface area contributed by atoms with Crippen molar-refractivity contribution in [3.63, 3.8) is 0 Å². The summed E-state index contributed by atoms with van der Waals surface area (Å²) in [6.07, 6.45) is 0. The molecular weight excluding hydrogens is 328 g/mol. The number of nitrogens with one attached hydrogen (secondary N) is 2. The number of amides is 2. The van der Waals surface area contributed by atoms with E-state index in [0.717, 1.165) is 11.1 Å². The Labute approximate surface area is 151 Å². The molecule has 3 aromatic rings. The van der Waals surface area contributed by atoms with Crippen LogP contribution in [-0.2, 0) is 4.79 Å². The van der Waals surface area contributed by atoms with Gasteiger partial charge in [-0.05, 0) is 41.5 Å². The lowest BCUT2D eigenvalue weighted by Crippen LogP contribution is -2.12. The largest absolute Gasteiger partial charge is 0.506 e. The second-order valence-electron chi connectivity index (χ2n) is 5.81. The zero-order chi connectivity index (χ0) is 18.5. The normalized spacial score (nSPS) is 10.2. The molecule has 0 aliphatic heterocycles. The number of rotatable bonds is 4. The molecule has 0 bridgehead atoms. The highest BCUT2D eigenvalue weighted by Crippen LogP contribution is 2.27. The fourth-order valence-electron chi connectivity index (χ4n) is 2.55. The Bertz CT molecular complexity index is 935. The van der Waals surface area contributed by atoms with Crippen LogP contribution in [0.4, 0.5) is 11.4 Å². The summed E-state index contributed by atoms with van der Waals surface area (Å²) >= 11 is 0. The maximum atomic E-state index is 12.4. The Morgan fingerprint density at radius 1 is 0.808 bits per heavy atom. The van der Waals surface area contributed by atoms with E-state index < -0.39 is 0 Å². The van der Waals surface area contributed by atoms with Gasteiger partial charge in [0.05, 0.1) is 5.69 Å². The van der Waals surface area contributed by atoms with Gasteiger partial charge in [-0.15, -0.1) is 0 Å². The van der Waals surface area contributed by atoms with Crippen LogP contribution in [-0.4, -0.2) is 16.9 Å². The molecule has 0 radical (unpaired) electrons. The first kappa shape index (κ1) is 17.2. The van der Waals surface area contributed by atoms with Crippen molar-refractivity contribution in [1.82, 2.24) is 0 Å². The van der Waals surface area contributed by atoms with E-state index in [1.807, 2.05) is 42.5 Å². The monoisotopic (exact) mass is 346 g/mol. The van der Waals surface area contributed by atoms with Crippen molar-refractivity contribution >= 4 is 23.2 Å². The average molecular weight is 346 g/mol. The van der Waals surface area contributed by atoms with Gasteiger partial charge in [-0.1, -0.05) is 42.5 Å². The zero-order valence-corrected chi connectivity index (χ0v) is 14.2. The van der Waals surface area contributed by atoms with E-state index in [1.54, 1.807) is 18.2 Å². The molecule has 0 aliphatic carbocycles. The molecular formula is C21H18N2O3. The van der Waals surface area contributed by atoms with Gasteiger partial charge >= 0.3 is 0 Å². The molecule has 0 unspecified atom stereocenters. The predicted molar refractivity (Wildman–Crippen MR) is 102 cm³/mol. The number of phenolic OH excluding ortho intramolecular Hbond substituents is 1. The lowest BCUT2D eigenvalue weighted by Gasteiger charge is -2.10. The summed E-state index contributed by atoms with van der Waals surface area (Å²) in [7, 11) is 0. The summed E-state index contributed by atoms with van der Waals surface area (Å²) < 4.78 is 0. The molecule has 5 heteroatoms. The van der Waals surface area contributed by atoms with E-state index in [4.69, 9.17) is 0 Å². The molecule has 3 N–H and O–H groups in total. The van der Waals surface area contributed by atoms with Crippen LogP contribution >= 0.6 is 0 Å². The lowest BCUT2D eigenvalue weighted by molar-refractivity contribution is -0.114. The number of hydrogen-bond acceptors (Lipinski definition) is 3. The van der Waals surface area contributed by atoms with Crippen molar-refractivity contribution in [3.05, 3.63) is 78.4 Å². The first-order valence-electron chi connectivity index (χ1n) is 8.10. The van der Waals surface area contributed by atoms with Crippen LogP contribution in [0.3, 0.4) is 0 Å². The van der Waals surface area contributed by atoms with E-state index in [-0.39, 0.29) is 23.3 Å². The summed E-state index contributed by atoms with van der Waals surface area (Å²) in [5, 5.41) is 15.0. The Morgan fingerprint density at radius 3 is 2.12 bits per heavy atom. The molecule has 0 saturated heterocycles. The molecule has 2 amide bonds. The van der Waals surface area contributed by atoms with Crippen molar-refractivity contribution in [2.45, 2.75) is 6.92 Å². The van der Waals surface area contributed by atoms with Gasteiger partial charge in [0.15, 0.2) is 0 Å². The molecule has 3 rings (SSSR count). The minimum Gasteiger partial charge on any atom is -0.506 e. The SMILES string of the molecule is CC(=O)Nc1cc(NC(=O)c2ccc(-c3ccccc3)cc2)ccc1O. The van der Waals surface area contributed by atoms with Crippen LogP contribution < -0.4 is 10.6 Å². The fraction of sp³-hybridized carbons (Fsp3) is 0.0476. The minimum absolute atomic E-state index is 0.0644. The number of phenols is 1. The number of hydrogen-bond donors (Lipinski definition) is 3. The van der Waals surface area contributed by atoms with Crippen LogP contribution in [0.5, 0.6) is 5.75 Å². The molecule has 0 spiro atoms.